The monoisotopic (exact) mass is 134 g/mol. The highest BCUT2D eigenvalue weighted by molar-refractivity contribution is 5.45. The van der Waals surface area contributed by atoms with Crippen LogP contribution in [0, 0.1) is 37.0 Å². The molecule has 0 aromatic rings. The van der Waals surface area contributed by atoms with Gasteiger partial charge in [-0.05, 0) is 25.7 Å². The third-order valence-corrected chi connectivity index (χ3v) is 1.14. The summed E-state index contributed by atoms with van der Waals surface area (Å²) in [6.07, 6.45) is 8.00. The van der Waals surface area contributed by atoms with Crippen molar-refractivity contribution in [3.05, 3.63) is 48.5 Å². The van der Waals surface area contributed by atoms with Gasteiger partial charge in [-0.1, -0.05) is 0 Å². The van der Waals surface area contributed by atoms with Gasteiger partial charge in [0.1, 0.15) is 0 Å². The summed E-state index contributed by atoms with van der Waals surface area (Å²) in [6, 6.07) is 0. The predicted octanol–water partition coefficient (Wildman–Crippen LogP) is 1.64. The maximum atomic E-state index is 9.02. The second-order valence-corrected chi connectivity index (χ2v) is 1.80. The number of hydrogen-bond donors (Lipinski definition) is 1. The quantitative estimate of drug-likeness (QED) is 0.437. The maximum absolute atomic E-state index is 9.02. The molecule has 1 aliphatic rings. The van der Waals surface area contributed by atoms with Crippen LogP contribution in [0.4, 0.5) is 0 Å². The summed E-state index contributed by atoms with van der Waals surface area (Å²) in [6.45, 7) is 0. The number of hydrogen-bond acceptors (Lipinski definition) is 2. The van der Waals surface area contributed by atoms with Crippen LogP contribution in [0.25, 0.3) is 4.98 Å². The van der Waals surface area contributed by atoms with Crippen molar-refractivity contribution in [1.82, 2.24) is 0 Å². The van der Waals surface area contributed by atoms with Gasteiger partial charge in [0, 0.05) is 0 Å². The van der Waals surface area contributed by atoms with Crippen molar-refractivity contribution in [3.8, 4) is 0 Å². The van der Waals surface area contributed by atoms with Crippen molar-refractivity contribution in [1.29, 1.82) is 5.39 Å². The molecular weight excluding hydrogens is 128 g/mol. The maximum Gasteiger partial charge on any atom is 0.387 e. The molecule has 1 saturated carbocycles. The first-order valence-corrected chi connectivity index (χ1v) is 2.80. The Hall–Kier alpha value is -1.04. The van der Waals surface area contributed by atoms with Gasteiger partial charge in [0.15, 0.2) is 10.7 Å². The fourth-order valence-electron chi connectivity index (χ4n) is 0.674. The third kappa shape index (κ3) is 1.47. The summed E-state index contributed by atoms with van der Waals surface area (Å²) in [5, 5.41) is 17.0. The minimum atomic E-state index is -0.0347. The fraction of sp³-hybridized carbons (Fsp3) is 0. The average Bonchev–Trinajstić information content (AvgIpc) is 2.38. The molecule has 5 radical (unpaired) electrons. The number of nitrogens with zero attached hydrogens (tertiary/aromatic N) is 2. The number of allylic oxidation sites excluding steroid dienone is 1. The Kier molecular flexibility index (Phi) is 2.27. The molecule has 0 bridgehead atoms. The van der Waals surface area contributed by atoms with E-state index in [2.05, 4.69) is 4.98 Å². The van der Waals surface area contributed by atoms with Crippen molar-refractivity contribution >= 4 is 0 Å². The Labute approximate surface area is 60.0 Å². The van der Waals surface area contributed by atoms with Gasteiger partial charge in [-0.2, -0.15) is 0 Å². The van der Waals surface area contributed by atoms with Gasteiger partial charge in [0.2, 0.25) is 5.39 Å². The molecule has 1 fully saturated rings. The van der Waals surface area contributed by atoms with E-state index in [1.807, 2.05) is 0 Å². The van der Waals surface area contributed by atoms with Crippen molar-refractivity contribution in [3.63, 3.8) is 0 Å². The summed E-state index contributed by atoms with van der Waals surface area (Å²) < 4.78 is 0. The molecule has 1 rings (SSSR count). The molecule has 0 aliphatic heterocycles. The lowest BCUT2D eigenvalue weighted by molar-refractivity contribution is 0.413. The molecule has 1 N–H and O–H groups in total. The smallest absolute Gasteiger partial charge is 0.387 e. The molecule has 0 aromatic carbocycles. The Morgan fingerprint density at radius 2 is 2.10 bits per heavy atom. The Bertz CT molecular complexity index is 175. The summed E-state index contributed by atoms with van der Waals surface area (Å²) in [5.74, 6) is 0.616. The van der Waals surface area contributed by atoms with Gasteiger partial charge in [0.25, 0.3) is 0 Å². The number of aliphatic hydroxyl groups is 1. The molecule has 0 unspecified atom stereocenters. The molecular formula is C7H6N2O+. The summed E-state index contributed by atoms with van der Waals surface area (Å²) >= 11 is 0. The number of aliphatic hydroxyl groups excluding tert-OH is 1. The Morgan fingerprint density at radius 3 is 2.60 bits per heavy atom. The zero-order valence-electron chi connectivity index (χ0n) is 5.23. The van der Waals surface area contributed by atoms with Crippen LogP contribution in [0.2, 0.25) is 0 Å². The van der Waals surface area contributed by atoms with Gasteiger partial charge >= 0.3 is 6.20 Å². The standard InChI is InChI=1S/C7H5N2O/c8-9-5-7(10)6-3-1-2-4-6/h1-5H/p+1/b7-5-. The van der Waals surface area contributed by atoms with Crippen molar-refractivity contribution in [2.24, 2.45) is 0 Å². The first-order chi connectivity index (χ1) is 4.84. The lowest BCUT2D eigenvalue weighted by atomic mass is 10.1. The number of diazo groups is 1. The molecule has 0 amide bonds. The second kappa shape index (κ2) is 3.21. The number of rotatable bonds is 1. The van der Waals surface area contributed by atoms with Gasteiger partial charge in [-0.15, -0.1) is 0 Å². The van der Waals surface area contributed by atoms with Crippen LogP contribution >= 0.6 is 0 Å². The van der Waals surface area contributed by atoms with E-state index in [0.29, 0.717) is 5.92 Å². The molecule has 0 saturated heterocycles. The van der Waals surface area contributed by atoms with Crippen LogP contribution in [-0.2, 0) is 0 Å². The molecule has 3 heteroatoms. The van der Waals surface area contributed by atoms with Gasteiger partial charge in [-0.25, -0.2) is 0 Å². The molecule has 49 valence electrons. The Morgan fingerprint density at radius 1 is 1.50 bits per heavy atom. The highest BCUT2D eigenvalue weighted by atomic mass is 16.3. The van der Waals surface area contributed by atoms with E-state index >= 15 is 0 Å². The van der Waals surface area contributed by atoms with Crippen LogP contribution in [0.5, 0.6) is 0 Å². The van der Waals surface area contributed by atoms with Crippen molar-refractivity contribution < 1.29 is 5.11 Å². The van der Waals surface area contributed by atoms with Crippen LogP contribution in [0.15, 0.2) is 12.0 Å². The van der Waals surface area contributed by atoms with Gasteiger partial charge < -0.3 is 5.11 Å². The second-order valence-electron chi connectivity index (χ2n) is 1.80. The topological polar surface area (TPSA) is 48.4 Å². The van der Waals surface area contributed by atoms with E-state index in [1.54, 1.807) is 25.7 Å². The van der Waals surface area contributed by atoms with E-state index in [-0.39, 0.29) is 5.76 Å². The zero-order valence-corrected chi connectivity index (χ0v) is 5.23. The summed E-state index contributed by atoms with van der Waals surface area (Å²) in [7, 11) is 0. The first-order valence-electron chi connectivity index (χ1n) is 2.80. The minimum Gasteiger partial charge on any atom is -0.505 e. The van der Waals surface area contributed by atoms with Crippen molar-refractivity contribution in [2.45, 2.75) is 0 Å². The fourth-order valence-corrected chi connectivity index (χ4v) is 0.674. The van der Waals surface area contributed by atoms with E-state index < -0.39 is 0 Å². The molecule has 10 heavy (non-hydrogen) atoms. The molecule has 0 spiro atoms. The highest BCUT2D eigenvalue weighted by Gasteiger charge is 2.23. The third-order valence-electron chi connectivity index (χ3n) is 1.14. The average molecular weight is 134 g/mol. The minimum absolute atomic E-state index is 0.0347. The first kappa shape index (κ1) is 7.07. The molecule has 3 nitrogen and oxygen atoms in total. The predicted molar refractivity (Wildman–Crippen MR) is 36.2 cm³/mol. The van der Waals surface area contributed by atoms with Crippen LogP contribution in [0.3, 0.4) is 0 Å². The summed E-state index contributed by atoms with van der Waals surface area (Å²) in [5.41, 5.74) is 0. The molecule has 0 heterocycles. The normalized spacial score (nSPS) is 20.9. The van der Waals surface area contributed by atoms with E-state index in [4.69, 9.17) is 10.5 Å². The lowest BCUT2D eigenvalue weighted by Crippen LogP contribution is -1.94. The van der Waals surface area contributed by atoms with E-state index in [9.17, 15) is 0 Å². The molecule has 1 aliphatic carbocycles. The lowest BCUT2D eigenvalue weighted by Gasteiger charge is -1.98. The SMILES string of the molecule is N#[N+]/C=C(\O)[C]1[CH][CH][CH][CH]1. The Balaban J connectivity index is 2.49. The van der Waals surface area contributed by atoms with Crippen LogP contribution in [0.1, 0.15) is 0 Å². The van der Waals surface area contributed by atoms with Gasteiger partial charge in [-0.3, -0.25) is 0 Å². The van der Waals surface area contributed by atoms with E-state index in [1.165, 1.54) is 0 Å². The molecule has 0 atom stereocenters. The van der Waals surface area contributed by atoms with Gasteiger partial charge in [0.05, 0.1) is 5.92 Å². The van der Waals surface area contributed by atoms with Crippen molar-refractivity contribution in [2.75, 3.05) is 0 Å². The van der Waals surface area contributed by atoms with Crippen LogP contribution in [-0.4, -0.2) is 5.11 Å². The molecule has 0 aromatic heterocycles. The summed E-state index contributed by atoms with van der Waals surface area (Å²) in [4.78, 5) is 2.68. The highest BCUT2D eigenvalue weighted by Crippen LogP contribution is 2.28. The zero-order chi connectivity index (χ0) is 7.40. The van der Waals surface area contributed by atoms with Crippen LogP contribution < -0.4 is 0 Å². The largest absolute Gasteiger partial charge is 0.505 e. The van der Waals surface area contributed by atoms with E-state index in [0.717, 1.165) is 6.20 Å².